The first kappa shape index (κ1) is 19.3. The van der Waals surface area contributed by atoms with Gasteiger partial charge < -0.3 is 14.4 Å². The standard InChI is InChI=1S/C22H18Cl3NO3/c23-15-2-1-3-16(24)18(15)20-19(21(29-26-20)12-6-7-12)22(27)28-13-8-9-14(11-4-5-11)17(25)10-13/h1-3,8-12,22,27H,4-7H2. The van der Waals surface area contributed by atoms with Gasteiger partial charge in [0.1, 0.15) is 17.2 Å². The van der Waals surface area contributed by atoms with Crippen LogP contribution in [0.1, 0.15) is 60.7 Å². The number of aliphatic hydroxyl groups is 1. The Morgan fingerprint density at radius 1 is 0.966 bits per heavy atom. The van der Waals surface area contributed by atoms with Gasteiger partial charge >= 0.3 is 0 Å². The maximum atomic E-state index is 11.0. The number of benzene rings is 2. The van der Waals surface area contributed by atoms with E-state index in [2.05, 4.69) is 5.16 Å². The molecule has 1 unspecified atom stereocenters. The van der Waals surface area contributed by atoms with Crippen LogP contribution < -0.4 is 4.74 Å². The molecule has 0 bridgehead atoms. The molecule has 2 aromatic carbocycles. The van der Waals surface area contributed by atoms with E-state index in [9.17, 15) is 5.11 Å². The molecule has 2 aliphatic carbocycles. The maximum Gasteiger partial charge on any atom is 0.229 e. The van der Waals surface area contributed by atoms with E-state index in [4.69, 9.17) is 44.1 Å². The summed E-state index contributed by atoms with van der Waals surface area (Å²) in [7, 11) is 0. The van der Waals surface area contributed by atoms with Crippen LogP contribution in [0.2, 0.25) is 15.1 Å². The van der Waals surface area contributed by atoms with E-state index in [1.54, 1.807) is 24.3 Å². The molecular weight excluding hydrogens is 433 g/mol. The van der Waals surface area contributed by atoms with Crippen LogP contribution in [-0.2, 0) is 0 Å². The zero-order chi connectivity index (χ0) is 20.1. The summed E-state index contributed by atoms with van der Waals surface area (Å²) < 4.78 is 11.4. The van der Waals surface area contributed by atoms with Gasteiger partial charge in [0.05, 0.1) is 15.6 Å². The highest BCUT2D eigenvalue weighted by Crippen LogP contribution is 2.48. The van der Waals surface area contributed by atoms with Crippen molar-refractivity contribution in [3.05, 3.63) is 68.4 Å². The van der Waals surface area contributed by atoms with Crippen LogP contribution in [0.15, 0.2) is 40.9 Å². The normalized spacial score (nSPS) is 17.4. The molecule has 1 aromatic heterocycles. The Bertz CT molecular complexity index is 1050. The first-order valence-electron chi connectivity index (χ1n) is 9.61. The van der Waals surface area contributed by atoms with Crippen molar-refractivity contribution in [1.82, 2.24) is 5.16 Å². The van der Waals surface area contributed by atoms with Gasteiger partial charge in [-0.25, -0.2) is 0 Å². The van der Waals surface area contributed by atoms with E-state index in [0.29, 0.717) is 49.3 Å². The lowest BCUT2D eigenvalue weighted by molar-refractivity contribution is -0.0203. The summed E-state index contributed by atoms with van der Waals surface area (Å²) in [5, 5.41) is 16.7. The Hall–Kier alpha value is -1.72. The van der Waals surface area contributed by atoms with E-state index >= 15 is 0 Å². The summed E-state index contributed by atoms with van der Waals surface area (Å²) in [4.78, 5) is 0. The third kappa shape index (κ3) is 3.75. The minimum atomic E-state index is -1.29. The van der Waals surface area contributed by atoms with Gasteiger partial charge in [-0.05, 0) is 61.4 Å². The molecule has 1 N–H and O–H groups in total. The van der Waals surface area contributed by atoms with E-state index in [0.717, 1.165) is 31.2 Å². The highest BCUT2D eigenvalue weighted by molar-refractivity contribution is 6.39. The Morgan fingerprint density at radius 2 is 1.66 bits per heavy atom. The molecule has 3 aromatic rings. The molecule has 7 heteroatoms. The predicted molar refractivity (Wildman–Crippen MR) is 113 cm³/mol. The molecular formula is C22H18Cl3NO3. The first-order valence-corrected chi connectivity index (χ1v) is 10.7. The highest BCUT2D eigenvalue weighted by atomic mass is 35.5. The van der Waals surface area contributed by atoms with Crippen LogP contribution >= 0.6 is 34.8 Å². The van der Waals surface area contributed by atoms with Crippen molar-refractivity contribution in [2.24, 2.45) is 0 Å². The lowest BCUT2D eigenvalue weighted by Gasteiger charge is -2.16. The minimum absolute atomic E-state index is 0.214. The van der Waals surface area contributed by atoms with E-state index in [1.165, 1.54) is 0 Å². The zero-order valence-corrected chi connectivity index (χ0v) is 17.6. The first-order chi connectivity index (χ1) is 14.0. The van der Waals surface area contributed by atoms with Crippen LogP contribution in [0.5, 0.6) is 5.75 Å². The molecule has 4 nitrogen and oxygen atoms in total. The van der Waals surface area contributed by atoms with Crippen molar-refractivity contribution in [2.75, 3.05) is 0 Å². The van der Waals surface area contributed by atoms with Crippen molar-refractivity contribution >= 4 is 34.8 Å². The third-order valence-electron chi connectivity index (χ3n) is 5.39. The second kappa shape index (κ2) is 7.51. The molecule has 2 aliphatic rings. The summed E-state index contributed by atoms with van der Waals surface area (Å²) in [6.45, 7) is 0. The van der Waals surface area contributed by atoms with E-state index in [-0.39, 0.29) is 5.92 Å². The Labute approximate surface area is 183 Å². The predicted octanol–water partition coefficient (Wildman–Crippen LogP) is 7.13. The van der Waals surface area contributed by atoms with Crippen molar-refractivity contribution in [3.8, 4) is 17.0 Å². The van der Waals surface area contributed by atoms with Crippen LogP contribution in [0.25, 0.3) is 11.3 Å². The summed E-state index contributed by atoms with van der Waals surface area (Å²) >= 11 is 19.2. The number of ether oxygens (including phenoxy) is 1. The number of aromatic nitrogens is 1. The fourth-order valence-corrected chi connectivity index (χ4v) is 4.49. The van der Waals surface area contributed by atoms with Crippen molar-refractivity contribution < 1.29 is 14.4 Å². The quantitative estimate of drug-likeness (QED) is 0.406. The van der Waals surface area contributed by atoms with Gasteiger partial charge in [0.15, 0.2) is 0 Å². The average Bonchev–Trinajstić information content (AvgIpc) is 3.60. The van der Waals surface area contributed by atoms with Gasteiger partial charge in [0, 0.05) is 16.5 Å². The molecule has 0 spiro atoms. The third-order valence-corrected chi connectivity index (χ3v) is 6.34. The maximum absolute atomic E-state index is 11.0. The van der Waals surface area contributed by atoms with Crippen LogP contribution in [0.3, 0.4) is 0 Å². The van der Waals surface area contributed by atoms with Gasteiger partial charge in [-0.2, -0.15) is 0 Å². The van der Waals surface area contributed by atoms with E-state index in [1.807, 2.05) is 12.1 Å². The van der Waals surface area contributed by atoms with Crippen molar-refractivity contribution in [3.63, 3.8) is 0 Å². The number of hydrogen-bond donors (Lipinski definition) is 1. The SMILES string of the molecule is OC(Oc1ccc(C2CC2)c(Cl)c1)c1c(-c2c(Cl)cccc2Cl)noc1C1CC1. The van der Waals surface area contributed by atoms with Crippen LogP contribution in [0.4, 0.5) is 0 Å². The molecule has 29 heavy (non-hydrogen) atoms. The number of halogens is 3. The van der Waals surface area contributed by atoms with Gasteiger partial charge in [-0.15, -0.1) is 0 Å². The van der Waals surface area contributed by atoms with Crippen LogP contribution in [-0.4, -0.2) is 10.3 Å². The highest BCUT2D eigenvalue weighted by Gasteiger charge is 2.37. The minimum Gasteiger partial charge on any atom is -0.461 e. The summed E-state index contributed by atoms with van der Waals surface area (Å²) in [6.07, 6.45) is 2.99. The smallest absolute Gasteiger partial charge is 0.229 e. The number of aliphatic hydroxyl groups excluding tert-OH is 1. The molecule has 150 valence electrons. The molecule has 2 saturated carbocycles. The molecule has 0 saturated heterocycles. The molecule has 1 heterocycles. The van der Waals surface area contributed by atoms with E-state index < -0.39 is 6.29 Å². The van der Waals surface area contributed by atoms with Crippen LogP contribution in [0, 0.1) is 0 Å². The average molecular weight is 451 g/mol. The topological polar surface area (TPSA) is 55.5 Å². The Balaban J connectivity index is 1.51. The van der Waals surface area contributed by atoms with Gasteiger partial charge in [0.25, 0.3) is 0 Å². The van der Waals surface area contributed by atoms with Gasteiger partial charge in [0.2, 0.25) is 6.29 Å². The monoisotopic (exact) mass is 449 g/mol. The second-order valence-electron chi connectivity index (χ2n) is 7.61. The second-order valence-corrected chi connectivity index (χ2v) is 8.83. The summed E-state index contributed by atoms with van der Waals surface area (Å²) in [5.74, 6) is 1.84. The number of hydrogen-bond acceptors (Lipinski definition) is 4. The molecule has 5 rings (SSSR count). The largest absolute Gasteiger partial charge is 0.461 e. The van der Waals surface area contributed by atoms with Gasteiger partial charge in [-0.1, -0.05) is 52.1 Å². The van der Waals surface area contributed by atoms with Gasteiger partial charge in [-0.3, -0.25) is 0 Å². The lowest BCUT2D eigenvalue weighted by Crippen LogP contribution is -2.09. The zero-order valence-electron chi connectivity index (χ0n) is 15.4. The number of rotatable bonds is 6. The fraction of sp³-hybridized carbons (Fsp3) is 0.318. The fourth-order valence-electron chi connectivity index (χ4n) is 3.59. The molecule has 1 atom stereocenters. The molecule has 0 aliphatic heterocycles. The molecule has 0 radical (unpaired) electrons. The van der Waals surface area contributed by atoms with Crippen molar-refractivity contribution in [2.45, 2.75) is 43.8 Å². The Kier molecular flexibility index (Phi) is 4.99. The molecule has 2 fully saturated rings. The lowest BCUT2D eigenvalue weighted by atomic mass is 10.0. The summed E-state index contributed by atoms with van der Waals surface area (Å²) in [6, 6.07) is 10.7. The summed E-state index contributed by atoms with van der Waals surface area (Å²) in [5.41, 5.74) is 2.51. The van der Waals surface area contributed by atoms with Crippen molar-refractivity contribution in [1.29, 1.82) is 0 Å². The Morgan fingerprint density at radius 3 is 2.28 bits per heavy atom. The molecule has 0 amide bonds. The number of nitrogens with zero attached hydrogens (tertiary/aromatic N) is 1.